The van der Waals surface area contributed by atoms with E-state index in [4.69, 9.17) is 4.74 Å². The lowest BCUT2D eigenvalue weighted by molar-refractivity contribution is -0.203. The van der Waals surface area contributed by atoms with Crippen LogP contribution >= 0.6 is 0 Å². The number of hydrogen-bond donors (Lipinski definition) is 0. The van der Waals surface area contributed by atoms with Gasteiger partial charge in [0.2, 0.25) is 0 Å². The number of benzene rings is 1. The molecular formula is C15H16O7. The molecule has 0 aliphatic heterocycles. The second-order valence-corrected chi connectivity index (χ2v) is 4.00. The van der Waals surface area contributed by atoms with Crippen molar-refractivity contribution < 1.29 is 33.6 Å². The van der Waals surface area contributed by atoms with Crippen LogP contribution in [0, 0.1) is 0 Å². The summed E-state index contributed by atoms with van der Waals surface area (Å²) in [6.45, 7) is 3.50. The van der Waals surface area contributed by atoms with Crippen LogP contribution in [0.25, 0.3) is 0 Å². The zero-order valence-electron chi connectivity index (χ0n) is 11.9. The lowest BCUT2D eigenvalue weighted by atomic mass is 10.2. The number of esters is 1. The van der Waals surface area contributed by atoms with Crippen LogP contribution in [0.5, 0.6) is 0 Å². The first kappa shape index (κ1) is 17.2. The number of unbranched alkanes of at least 4 members (excludes halogenated alkanes) is 1. The van der Waals surface area contributed by atoms with Crippen LogP contribution in [0.4, 0.5) is 4.79 Å². The van der Waals surface area contributed by atoms with E-state index >= 15 is 0 Å². The summed E-state index contributed by atoms with van der Waals surface area (Å²) in [6, 6.07) is 8.06. The predicted molar refractivity (Wildman–Crippen MR) is 74.7 cm³/mol. The molecule has 0 saturated heterocycles. The molecule has 0 atom stereocenters. The number of hydrogen-bond acceptors (Lipinski definition) is 7. The van der Waals surface area contributed by atoms with Crippen LogP contribution in [-0.4, -0.2) is 31.3 Å². The first-order valence-electron chi connectivity index (χ1n) is 6.53. The van der Waals surface area contributed by atoms with E-state index in [2.05, 4.69) is 21.1 Å². The maximum atomic E-state index is 11.4. The largest absolute Gasteiger partial charge is 0.549 e. The van der Waals surface area contributed by atoms with E-state index in [1.807, 2.05) is 0 Å². The van der Waals surface area contributed by atoms with Crippen molar-refractivity contribution in [1.29, 1.82) is 0 Å². The van der Waals surface area contributed by atoms with Gasteiger partial charge >= 0.3 is 18.1 Å². The minimum Gasteiger partial charge on any atom is -0.463 e. The maximum Gasteiger partial charge on any atom is 0.549 e. The molecule has 0 bridgehead atoms. The second kappa shape index (κ2) is 9.98. The molecule has 0 spiro atoms. The summed E-state index contributed by atoms with van der Waals surface area (Å²) in [7, 11) is 0. The van der Waals surface area contributed by atoms with Gasteiger partial charge in [-0.3, -0.25) is 0 Å². The van der Waals surface area contributed by atoms with Crippen molar-refractivity contribution in [2.24, 2.45) is 0 Å². The molecule has 0 heterocycles. The van der Waals surface area contributed by atoms with Crippen molar-refractivity contribution in [1.82, 2.24) is 0 Å². The summed E-state index contributed by atoms with van der Waals surface area (Å²) < 4.78 is 9.39. The molecule has 0 aromatic heterocycles. The molecule has 0 N–H and O–H groups in total. The van der Waals surface area contributed by atoms with Crippen LogP contribution in [0.2, 0.25) is 0 Å². The Labute approximate surface area is 127 Å². The molecule has 22 heavy (non-hydrogen) atoms. The molecule has 0 amide bonds. The average Bonchev–Trinajstić information content (AvgIpc) is 2.56. The standard InChI is InChI=1S/C15H16O7/c1-2-13(16)19-10-6-7-11-20-15(18)22-21-14(17)12-8-4-3-5-9-12/h2-5,8-9H,1,6-7,10-11H2. The summed E-state index contributed by atoms with van der Waals surface area (Å²) in [5.74, 6) is -1.30. The molecule has 0 unspecified atom stereocenters. The molecule has 1 aromatic carbocycles. The van der Waals surface area contributed by atoms with Gasteiger partial charge in [0.1, 0.15) is 0 Å². The minimum absolute atomic E-state index is 0.0490. The molecule has 0 saturated carbocycles. The third kappa shape index (κ3) is 7.09. The van der Waals surface area contributed by atoms with Crippen molar-refractivity contribution in [3.63, 3.8) is 0 Å². The van der Waals surface area contributed by atoms with Gasteiger partial charge in [0, 0.05) is 6.08 Å². The van der Waals surface area contributed by atoms with Crippen molar-refractivity contribution in [2.45, 2.75) is 12.8 Å². The van der Waals surface area contributed by atoms with Gasteiger partial charge in [-0.2, -0.15) is 4.79 Å². The Morgan fingerprint density at radius 1 is 0.955 bits per heavy atom. The van der Waals surface area contributed by atoms with Crippen LogP contribution in [-0.2, 0) is 24.0 Å². The van der Waals surface area contributed by atoms with Gasteiger partial charge in [-0.15, -0.1) is 0 Å². The molecule has 1 aromatic rings. The van der Waals surface area contributed by atoms with E-state index in [1.165, 1.54) is 12.1 Å². The predicted octanol–water partition coefficient (Wildman–Crippen LogP) is 2.42. The molecular weight excluding hydrogens is 292 g/mol. The number of rotatable bonds is 7. The highest BCUT2D eigenvalue weighted by Gasteiger charge is 2.12. The summed E-state index contributed by atoms with van der Waals surface area (Å²) in [6.07, 6.45) is 0.921. The highest BCUT2D eigenvalue weighted by molar-refractivity contribution is 5.89. The zero-order chi connectivity index (χ0) is 16.2. The van der Waals surface area contributed by atoms with Gasteiger partial charge in [0.05, 0.1) is 18.8 Å². The smallest absolute Gasteiger partial charge is 0.463 e. The molecule has 7 nitrogen and oxygen atoms in total. The number of carbonyl (C=O) groups excluding carboxylic acids is 3. The van der Waals surface area contributed by atoms with E-state index in [9.17, 15) is 14.4 Å². The van der Waals surface area contributed by atoms with Crippen molar-refractivity contribution in [3.05, 3.63) is 48.6 Å². The fourth-order valence-corrected chi connectivity index (χ4v) is 1.31. The Morgan fingerprint density at radius 3 is 2.23 bits per heavy atom. The van der Waals surface area contributed by atoms with Crippen LogP contribution < -0.4 is 0 Å². The zero-order valence-corrected chi connectivity index (χ0v) is 11.9. The van der Waals surface area contributed by atoms with Crippen LogP contribution in [0.3, 0.4) is 0 Å². The van der Waals surface area contributed by atoms with Gasteiger partial charge in [0.15, 0.2) is 0 Å². The molecule has 0 aliphatic carbocycles. The second-order valence-electron chi connectivity index (χ2n) is 4.00. The Kier molecular flexibility index (Phi) is 7.81. The lowest BCUT2D eigenvalue weighted by Gasteiger charge is -2.05. The molecule has 118 valence electrons. The highest BCUT2D eigenvalue weighted by Crippen LogP contribution is 2.02. The third-order valence-electron chi connectivity index (χ3n) is 2.36. The molecule has 0 aliphatic rings. The highest BCUT2D eigenvalue weighted by atomic mass is 17.2. The van der Waals surface area contributed by atoms with Crippen molar-refractivity contribution in [3.8, 4) is 0 Å². The van der Waals surface area contributed by atoms with E-state index in [-0.39, 0.29) is 18.8 Å². The Balaban J connectivity index is 2.08. The van der Waals surface area contributed by atoms with Gasteiger partial charge in [0.25, 0.3) is 0 Å². The monoisotopic (exact) mass is 308 g/mol. The topological polar surface area (TPSA) is 88.1 Å². The van der Waals surface area contributed by atoms with Crippen LogP contribution in [0.15, 0.2) is 43.0 Å². The Morgan fingerprint density at radius 2 is 1.59 bits per heavy atom. The summed E-state index contributed by atoms with van der Waals surface area (Å²) in [5.41, 5.74) is 0.249. The van der Waals surface area contributed by atoms with E-state index in [1.54, 1.807) is 18.2 Å². The first-order chi connectivity index (χ1) is 10.6. The molecule has 0 fully saturated rings. The quantitative estimate of drug-likeness (QED) is 0.251. The molecule has 7 heteroatoms. The van der Waals surface area contributed by atoms with E-state index in [0.29, 0.717) is 12.8 Å². The Hall–Kier alpha value is -2.83. The normalized spacial score (nSPS) is 9.45. The summed E-state index contributed by atoms with van der Waals surface area (Å²) in [5, 5.41) is 0. The van der Waals surface area contributed by atoms with Crippen molar-refractivity contribution >= 4 is 18.1 Å². The number of ether oxygens (including phenoxy) is 2. The van der Waals surface area contributed by atoms with E-state index < -0.39 is 18.1 Å². The van der Waals surface area contributed by atoms with Crippen LogP contribution in [0.1, 0.15) is 23.2 Å². The maximum absolute atomic E-state index is 11.4. The first-order valence-corrected chi connectivity index (χ1v) is 6.53. The summed E-state index contributed by atoms with van der Waals surface area (Å²) in [4.78, 5) is 41.8. The number of carbonyl (C=O) groups is 3. The average molecular weight is 308 g/mol. The van der Waals surface area contributed by atoms with Gasteiger partial charge in [-0.05, 0) is 25.0 Å². The summed E-state index contributed by atoms with van der Waals surface area (Å²) >= 11 is 0. The lowest BCUT2D eigenvalue weighted by Crippen LogP contribution is -2.13. The SMILES string of the molecule is C=CC(=O)OCCCCOC(=O)OOC(=O)c1ccccc1. The minimum atomic E-state index is -1.12. The van der Waals surface area contributed by atoms with E-state index in [0.717, 1.165) is 6.08 Å². The molecule has 0 radical (unpaired) electrons. The molecule has 1 rings (SSSR count). The van der Waals surface area contributed by atoms with Crippen molar-refractivity contribution in [2.75, 3.05) is 13.2 Å². The van der Waals surface area contributed by atoms with Gasteiger partial charge < -0.3 is 9.47 Å². The Bertz CT molecular complexity index is 510. The fraction of sp³-hybridized carbons (Fsp3) is 0.267. The van der Waals surface area contributed by atoms with Gasteiger partial charge in [-0.1, -0.05) is 24.8 Å². The third-order valence-corrected chi connectivity index (χ3v) is 2.36. The fourth-order valence-electron chi connectivity index (χ4n) is 1.31. The van der Waals surface area contributed by atoms with Gasteiger partial charge in [-0.25, -0.2) is 19.4 Å².